The first kappa shape index (κ1) is 14.0. The number of pyridine rings is 1. The third-order valence-corrected chi connectivity index (χ3v) is 4.30. The van der Waals surface area contributed by atoms with Crippen molar-refractivity contribution in [3.63, 3.8) is 0 Å². The molecule has 2 fully saturated rings. The van der Waals surface area contributed by atoms with Gasteiger partial charge in [-0.05, 0) is 18.6 Å². The van der Waals surface area contributed by atoms with Crippen molar-refractivity contribution in [1.29, 1.82) is 0 Å². The minimum Gasteiger partial charge on any atom is -0.383 e. The van der Waals surface area contributed by atoms with Crippen molar-refractivity contribution in [2.75, 3.05) is 26.8 Å². The van der Waals surface area contributed by atoms with Gasteiger partial charge in [-0.2, -0.15) is 0 Å². The Morgan fingerprint density at radius 2 is 2.29 bits per heavy atom. The van der Waals surface area contributed by atoms with E-state index in [1.54, 1.807) is 36.4 Å². The van der Waals surface area contributed by atoms with Crippen LogP contribution in [0.5, 0.6) is 0 Å². The van der Waals surface area contributed by atoms with E-state index in [0.717, 1.165) is 6.42 Å². The predicted octanol–water partition coefficient (Wildman–Crippen LogP) is 0.543. The Bertz CT molecular complexity index is 534. The fourth-order valence-electron chi connectivity index (χ4n) is 3.30. The molecule has 6 heteroatoms. The lowest BCUT2D eigenvalue weighted by atomic mass is 10.1. The molecule has 6 nitrogen and oxygen atoms in total. The summed E-state index contributed by atoms with van der Waals surface area (Å²) in [5, 5.41) is 0. The van der Waals surface area contributed by atoms with E-state index < -0.39 is 0 Å². The van der Waals surface area contributed by atoms with Gasteiger partial charge in [0.2, 0.25) is 5.91 Å². The molecule has 1 aromatic rings. The number of aromatic nitrogens is 1. The molecule has 0 radical (unpaired) electrons. The summed E-state index contributed by atoms with van der Waals surface area (Å²) in [4.78, 5) is 32.4. The smallest absolute Gasteiger partial charge is 0.272 e. The van der Waals surface area contributed by atoms with Gasteiger partial charge in [-0.15, -0.1) is 0 Å². The molecule has 2 aliphatic rings. The number of carbonyl (C=O) groups excluding carboxylic acids is 2. The number of rotatable bonds is 4. The van der Waals surface area contributed by atoms with E-state index in [1.807, 2.05) is 4.90 Å². The van der Waals surface area contributed by atoms with E-state index in [2.05, 4.69) is 4.98 Å². The first-order valence-electron chi connectivity index (χ1n) is 7.23. The van der Waals surface area contributed by atoms with Gasteiger partial charge in [0.05, 0.1) is 18.7 Å². The number of likely N-dealkylation sites (tertiary alicyclic amines) is 2. The van der Waals surface area contributed by atoms with Crippen LogP contribution in [0.3, 0.4) is 0 Å². The zero-order chi connectivity index (χ0) is 14.8. The van der Waals surface area contributed by atoms with Crippen LogP contribution < -0.4 is 0 Å². The van der Waals surface area contributed by atoms with Gasteiger partial charge in [-0.25, -0.2) is 0 Å². The third-order valence-electron chi connectivity index (χ3n) is 4.30. The molecule has 0 aromatic carbocycles. The SMILES string of the molecule is COCCN1C(=O)C[C@H]2[C@H]1CCN2C(=O)c1ccccn1. The van der Waals surface area contributed by atoms with Gasteiger partial charge in [0.1, 0.15) is 5.69 Å². The zero-order valence-electron chi connectivity index (χ0n) is 12.1. The highest BCUT2D eigenvalue weighted by molar-refractivity contribution is 5.93. The molecule has 2 aliphatic heterocycles. The lowest BCUT2D eigenvalue weighted by Gasteiger charge is -2.25. The monoisotopic (exact) mass is 289 g/mol. The van der Waals surface area contributed by atoms with Gasteiger partial charge in [0, 0.05) is 32.8 Å². The Hall–Kier alpha value is -1.95. The highest BCUT2D eigenvalue weighted by Crippen LogP contribution is 2.32. The summed E-state index contributed by atoms with van der Waals surface area (Å²) < 4.78 is 5.06. The first-order valence-corrected chi connectivity index (χ1v) is 7.23. The van der Waals surface area contributed by atoms with Crippen molar-refractivity contribution in [3.8, 4) is 0 Å². The Morgan fingerprint density at radius 1 is 1.43 bits per heavy atom. The number of nitrogens with zero attached hydrogens (tertiary/aromatic N) is 3. The topological polar surface area (TPSA) is 62.7 Å². The van der Waals surface area contributed by atoms with Crippen LogP contribution in [-0.2, 0) is 9.53 Å². The van der Waals surface area contributed by atoms with Gasteiger partial charge < -0.3 is 14.5 Å². The molecule has 112 valence electrons. The number of fused-ring (bicyclic) bond motifs is 1. The average molecular weight is 289 g/mol. The molecule has 21 heavy (non-hydrogen) atoms. The maximum atomic E-state index is 12.5. The Balaban J connectivity index is 1.74. The quantitative estimate of drug-likeness (QED) is 0.812. The fraction of sp³-hybridized carbons (Fsp3) is 0.533. The molecule has 2 saturated heterocycles. The van der Waals surface area contributed by atoms with Crippen molar-refractivity contribution in [3.05, 3.63) is 30.1 Å². The Labute approximate surface area is 123 Å². The number of hydrogen-bond donors (Lipinski definition) is 0. The van der Waals surface area contributed by atoms with Gasteiger partial charge >= 0.3 is 0 Å². The molecule has 2 atom stereocenters. The van der Waals surface area contributed by atoms with Crippen LogP contribution in [0.4, 0.5) is 0 Å². The van der Waals surface area contributed by atoms with Crippen LogP contribution >= 0.6 is 0 Å². The maximum absolute atomic E-state index is 12.5. The minimum atomic E-state index is -0.0792. The van der Waals surface area contributed by atoms with Gasteiger partial charge in [0.15, 0.2) is 0 Å². The molecule has 3 rings (SSSR count). The third kappa shape index (κ3) is 2.51. The van der Waals surface area contributed by atoms with E-state index in [4.69, 9.17) is 4.74 Å². The molecule has 0 unspecified atom stereocenters. The summed E-state index contributed by atoms with van der Waals surface area (Å²) in [6, 6.07) is 5.41. The molecular formula is C15H19N3O3. The van der Waals surface area contributed by atoms with E-state index in [0.29, 0.717) is 31.8 Å². The van der Waals surface area contributed by atoms with Crippen LogP contribution in [0.15, 0.2) is 24.4 Å². The van der Waals surface area contributed by atoms with Gasteiger partial charge in [-0.3, -0.25) is 14.6 Å². The number of hydrogen-bond acceptors (Lipinski definition) is 4. The summed E-state index contributed by atoms with van der Waals surface area (Å²) in [6.07, 6.45) is 2.86. The molecule has 0 N–H and O–H groups in total. The highest BCUT2D eigenvalue weighted by atomic mass is 16.5. The average Bonchev–Trinajstić information content (AvgIpc) is 3.04. The minimum absolute atomic E-state index is 0.0242. The predicted molar refractivity (Wildman–Crippen MR) is 75.7 cm³/mol. The molecule has 2 amide bonds. The largest absolute Gasteiger partial charge is 0.383 e. The summed E-state index contributed by atoms with van der Waals surface area (Å²) in [5.74, 6) is 0.0325. The summed E-state index contributed by atoms with van der Waals surface area (Å²) >= 11 is 0. The maximum Gasteiger partial charge on any atom is 0.272 e. The van der Waals surface area contributed by atoms with Crippen LogP contribution in [0.2, 0.25) is 0 Å². The van der Waals surface area contributed by atoms with Crippen molar-refractivity contribution >= 4 is 11.8 Å². The van der Waals surface area contributed by atoms with Crippen LogP contribution in [-0.4, -0.2) is 65.5 Å². The second-order valence-electron chi connectivity index (χ2n) is 5.42. The van der Waals surface area contributed by atoms with Crippen molar-refractivity contribution in [2.45, 2.75) is 24.9 Å². The van der Waals surface area contributed by atoms with E-state index in [1.165, 1.54) is 0 Å². The molecule has 0 saturated carbocycles. The van der Waals surface area contributed by atoms with E-state index in [-0.39, 0.29) is 23.9 Å². The summed E-state index contributed by atoms with van der Waals surface area (Å²) in [5.41, 5.74) is 0.445. The molecule has 0 aliphatic carbocycles. The van der Waals surface area contributed by atoms with Crippen molar-refractivity contribution in [2.24, 2.45) is 0 Å². The first-order chi connectivity index (χ1) is 10.2. The lowest BCUT2D eigenvalue weighted by Crippen LogP contribution is -2.41. The number of carbonyl (C=O) groups is 2. The molecule has 0 bridgehead atoms. The second-order valence-corrected chi connectivity index (χ2v) is 5.42. The van der Waals surface area contributed by atoms with E-state index >= 15 is 0 Å². The molecular weight excluding hydrogens is 270 g/mol. The number of ether oxygens (including phenoxy) is 1. The molecule has 1 aromatic heterocycles. The van der Waals surface area contributed by atoms with Crippen molar-refractivity contribution < 1.29 is 14.3 Å². The number of amides is 2. The molecule has 0 spiro atoms. The van der Waals surface area contributed by atoms with Crippen LogP contribution in [0, 0.1) is 0 Å². The van der Waals surface area contributed by atoms with Crippen molar-refractivity contribution in [1.82, 2.24) is 14.8 Å². The van der Waals surface area contributed by atoms with Crippen LogP contribution in [0.1, 0.15) is 23.3 Å². The van der Waals surface area contributed by atoms with Gasteiger partial charge in [0.25, 0.3) is 5.91 Å². The standard InChI is InChI=1S/C15H19N3O3/c1-21-9-8-17-12-5-7-18(13(12)10-14(17)19)15(20)11-4-2-3-6-16-11/h2-4,6,12-13H,5,7-10H2,1H3/t12-,13+/m1/s1. The van der Waals surface area contributed by atoms with Gasteiger partial charge in [-0.1, -0.05) is 6.07 Å². The summed E-state index contributed by atoms with van der Waals surface area (Å²) in [7, 11) is 1.63. The Kier molecular flexibility index (Phi) is 3.88. The Morgan fingerprint density at radius 3 is 3.00 bits per heavy atom. The molecule has 3 heterocycles. The highest BCUT2D eigenvalue weighted by Gasteiger charge is 2.48. The fourth-order valence-corrected chi connectivity index (χ4v) is 3.30. The zero-order valence-corrected chi connectivity index (χ0v) is 12.1. The second kappa shape index (κ2) is 5.81. The number of methoxy groups -OCH3 is 1. The van der Waals surface area contributed by atoms with Crippen LogP contribution in [0.25, 0.3) is 0 Å². The lowest BCUT2D eigenvalue weighted by molar-refractivity contribution is -0.129. The summed E-state index contributed by atoms with van der Waals surface area (Å²) in [6.45, 7) is 1.81. The van der Waals surface area contributed by atoms with E-state index in [9.17, 15) is 9.59 Å². The normalized spacial score (nSPS) is 24.5.